The van der Waals surface area contributed by atoms with Gasteiger partial charge in [0.05, 0.1) is 37.6 Å². The van der Waals surface area contributed by atoms with E-state index in [-0.39, 0.29) is 24.1 Å². The summed E-state index contributed by atoms with van der Waals surface area (Å²) in [7, 11) is 1.61. The number of nitrogens with one attached hydrogen (secondary N) is 1. The first-order chi connectivity index (χ1) is 21.2. The highest BCUT2D eigenvalue weighted by Crippen LogP contribution is 2.30. The SMILES string of the molecule is COc1ccc2c(Oc3ccc(NC(C)=O)nc3)ccnc2c1.Cc1cc(=O)n(-c2ccccc2)n1C[C@@H](C)OC(=O)CN. The molecule has 3 heterocycles. The molecule has 3 aromatic heterocycles. The van der Waals surface area contributed by atoms with E-state index in [1.54, 1.807) is 60.1 Å². The fourth-order valence-electron chi connectivity index (χ4n) is 4.35. The zero-order valence-electron chi connectivity index (χ0n) is 24.9. The number of nitrogens with two attached hydrogens (primary N) is 1. The predicted octanol–water partition coefficient (Wildman–Crippen LogP) is 4.23. The van der Waals surface area contributed by atoms with Gasteiger partial charge in [-0.25, -0.2) is 9.67 Å². The van der Waals surface area contributed by atoms with Crippen LogP contribution in [0.1, 0.15) is 19.5 Å². The zero-order chi connectivity index (χ0) is 31.6. The van der Waals surface area contributed by atoms with Gasteiger partial charge in [-0.2, -0.15) is 0 Å². The molecule has 0 aliphatic heterocycles. The lowest BCUT2D eigenvalue weighted by molar-refractivity contribution is -0.147. The maximum Gasteiger partial charge on any atom is 0.320 e. The average Bonchev–Trinajstić information content (AvgIpc) is 3.29. The van der Waals surface area contributed by atoms with Crippen molar-refractivity contribution in [2.24, 2.45) is 5.73 Å². The number of methoxy groups -OCH3 is 1. The second-order valence-corrected chi connectivity index (χ2v) is 9.71. The Balaban J connectivity index is 0.000000202. The first-order valence-electron chi connectivity index (χ1n) is 13.8. The van der Waals surface area contributed by atoms with Crippen molar-refractivity contribution in [3.05, 3.63) is 101 Å². The van der Waals surface area contributed by atoms with Crippen LogP contribution in [0.4, 0.5) is 5.82 Å². The molecule has 2 aromatic carbocycles. The van der Waals surface area contributed by atoms with Crippen LogP contribution in [0.25, 0.3) is 16.6 Å². The van der Waals surface area contributed by atoms with E-state index in [1.165, 1.54) is 6.92 Å². The molecule has 0 fully saturated rings. The maximum atomic E-state index is 12.1. The molecular weight excluding hydrogens is 564 g/mol. The number of hydrogen-bond donors (Lipinski definition) is 2. The molecule has 5 rings (SSSR count). The summed E-state index contributed by atoms with van der Waals surface area (Å²) in [4.78, 5) is 42.8. The highest BCUT2D eigenvalue weighted by atomic mass is 16.5. The molecule has 1 atom stereocenters. The van der Waals surface area contributed by atoms with Crippen molar-refractivity contribution in [2.45, 2.75) is 33.4 Å². The Morgan fingerprint density at radius 3 is 2.41 bits per heavy atom. The quantitative estimate of drug-likeness (QED) is 0.237. The van der Waals surface area contributed by atoms with E-state index in [0.29, 0.717) is 23.9 Å². The topological polar surface area (TPSA) is 153 Å². The largest absolute Gasteiger partial charge is 0.497 e. The molecule has 0 bridgehead atoms. The van der Waals surface area contributed by atoms with E-state index in [1.807, 2.05) is 55.5 Å². The standard InChI is InChI=1S/C17H15N3O3.C15H19N3O3/c1-11(21)20-17-6-4-13(10-19-17)23-16-7-8-18-15-9-12(22-2)3-5-14(15)16;1-11-8-14(19)18(13-6-4-3-5-7-13)17(11)10-12(2)21-15(20)9-16/h3-10H,1-2H3,(H,19,20,21);3-8,12H,9-10,16H2,1-2H3/t;12-/m.1/s1. The van der Waals surface area contributed by atoms with Crippen LogP contribution in [0.5, 0.6) is 17.2 Å². The molecule has 44 heavy (non-hydrogen) atoms. The molecule has 5 aromatic rings. The van der Waals surface area contributed by atoms with Crippen molar-refractivity contribution in [1.29, 1.82) is 0 Å². The molecule has 0 aliphatic rings. The molecule has 228 valence electrons. The molecule has 12 heteroatoms. The molecule has 12 nitrogen and oxygen atoms in total. The number of aryl methyl sites for hydroxylation is 1. The number of para-hydroxylation sites is 1. The summed E-state index contributed by atoms with van der Waals surface area (Å²) in [5.74, 6) is 1.84. The number of hydrogen-bond acceptors (Lipinski definition) is 9. The zero-order valence-corrected chi connectivity index (χ0v) is 24.9. The summed E-state index contributed by atoms with van der Waals surface area (Å²) in [5, 5.41) is 3.48. The van der Waals surface area contributed by atoms with Crippen LogP contribution in [0, 0.1) is 6.92 Å². The monoisotopic (exact) mass is 598 g/mol. The van der Waals surface area contributed by atoms with Crippen LogP contribution >= 0.6 is 0 Å². The second-order valence-electron chi connectivity index (χ2n) is 9.71. The number of aromatic nitrogens is 4. The van der Waals surface area contributed by atoms with E-state index >= 15 is 0 Å². The van der Waals surface area contributed by atoms with Crippen LogP contribution in [0.2, 0.25) is 0 Å². The molecule has 0 aliphatic carbocycles. The van der Waals surface area contributed by atoms with E-state index in [9.17, 15) is 14.4 Å². The van der Waals surface area contributed by atoms with Crippen LogP contribution in [0.15, 0.2) is 90.0 Å². The van der Waals surface area contributed by atoms with Crippen molar-refractivity contribution < 1.29 is 23.8 Å². The summed E-state index contributed by atoms with van der Waals surface area (Å²) in [6, 6.07) is 21.7. The fraction of sp³-hybridized carbons (Fsp3) is 0.219. The fourth-order valence-corrected chi connectivity index (χ4v) is 4.35. The Kier molecular flexibility index (Phi) is 10.4. The van der Waals surface area contributed by atoms with Crippen LogP contribution in [-0.2, 0) is 20.9 Å². The number of ether oxygens (including phenoxy) is 3. The van der Waals surface area contributed by atoms with Crippen LogP contribution in [-0.4, -0.2) is 51.0 Å². The minimum Gasteiger partial charge on any atom is -0.497 e. The third-order valence-corrected chi connectivity index (χ3v) is 6.30. The average molecular weight is 599 g/mol. The van der Waals surface area contributed by atoms with Gasteiger partial charge in [-0.1, -0.05) is 18.2 Å². The lowest BCUT2D eigenvalue weighted by Crippen LogP contribution is -2.29. The molecular formula is C32H34N6O6. The Bertz CT molecular complexity index is 1780. The molecule has 0 spiro atoms. The van der Waals surface area contributed by atoms with E-state index < -0.39 is 5.97 Å². The van der Waals surface area contributed by atoms with E-state index in [2.05, 4.69) is 15.3 Å². The number of esters is 1. The summed E-state index contributed by atoms with van der Waals surface area (Å²) in [5.41, 5.74) is 7.48. The van der Waals surface area contributed by atoms with Crippen molar-refractivity contribution in [1.82, 2.24) is 19.3 Å². The van der Waals surface area contributed by atoms with Gasteiger partial charge >= 0.3 is 5.97 Å². The Morgan fingerprint density at radius 2 is 1.75 bits per heavy atom. The van der Waals surface area contributed by atoms with Crippen LogP contribution in [0.3, 0.4) is 0 Å². The van der Waals surface area contributed by atoms with Gasteiger partial charge in [0.1, 0.15) is 29.2 Å². The number of rotatable bonds is 9. The summed E-state index contributed by atoms with van der Waals surface area (Å²) in [6.45, 7) is 5.28. The maximum absolute atomic E-state index is 12.1. The van der Waals surface area contributed by atoms with Crippen molar-refractivity contribution >= 4 is 28.6 Å². The molecule has 0 saturated carbocycles. The Morgan fingerprint density at radius 1 is 1.00 bits per heavy atom. The molecule has 0 unspecified atom stereocenters. The van der Waals surface area contributed by atoms with Crippen molar-refractivity contribution in [2.75, 3.05) is 19.0 Å². The number of carbonyl (C=O) groups excluding carboxylic acids is 2. The Hall–Kier alpha value is -5.49. The highest BCUT2D eigenvalue weighted by molar-refractivity contribution is 5.88. The van der Waals surface area contributed by atoms with Gasteiger partial charge in [0, 0.05) is 36.3 Å². The first kappa shape index (κ1) is 31.4. The Labute approximate surface area is 254 Å². The van der Waals surface area contributed by atoms with Gasteiger partial charge in [0.25, 0.3) is 5.56 Å². The lowest BCUT2D eigenvalue weighted by Gasteiger charge is -2.18. The van der Waals surface area contributed by atoms with Gasteiger partial charge in [-0.15, -0.1) is 0 Å². The molecule has 0 radical (unpaired) electrons. The first-order valence-corrected chi connectivity index (χ1v) is 13.8. The van der Waals surface area contributed by atoms with E-state index in [0.717, 1.165) is 28.0 Å². The summed E-state index contributed by atoms with van der Waals surface area (Å²) >= 11 is 0. The molecule has 1 amide bonds. The number of nitrogens with zero attached hydrogens (tertiary/aromatic N) is 4. The van der Waals surface area contributed by atoms with Gasteiger partial charge in [0.15, 0.2) is 0 Å². The number of fused-ring (bicyclic) bond motifs is 1. The number of anilines is 1. The lowest BCUT2D eigenvalue weighted by atomic mass is 10.2. The van der Waals surface area contributed by atoms with Gasteiger partial charge < -0.3 is 25.3 Å². The normalized spacial score (nSPS) is 11.2. The van der Waals surface area contributed by atoms with Crippen molar-refractivity contribution in [3.8, 4) is 22.9 Å². The smallest absolute Gasteiger partial charge is 0.320 e. The summed E-state index contributed by atoms with van der Waals surface area (Å²) < 4.78 is 19.6. The highest BCUT2D eigenvalue weighted by Gasteiger charge is 2.15. The van der Waals surface area contributed by atoms with E-state index in [4.69, 9.17) is 19.9 Å². The third-order valence-electron chi connectivity index (χ3n) is 6.30. The van der Waals surface area contributed by atoms with Gasteiger partial charge in [0.2, 0.25) is 5.91 Å². The minimum atomic E-state index is -0.457. The van der Waals surface area contributed by atoms with Gasteiger partial charge in [-0.3, -0.25) is 24.0 Å². The number of amides is 1. The summed E-state index contributed by atoms with van der Waals surface area (Å²) in [6.07, 6.45) is 2.86. The predicted molar refractivity (Wildman–Crippen MR) is 166 cm³/mol. The molecule has 3 N–H and O–H groups in total. The van der Waals surface area contributed by atoms with Gasteiger partial charge in [-0.05, 0) is 56.3 Å². The number of pyridine rings is 2. The van der Waals surface area contributed by atoms with Crippen molar-refractivity contribution in [3.63, 3.8) is 0 Å². The third kappa shape index (κ3) is 8.07. The second kappa shape index (κ2) is 14.6. The number of carbonyl (C=O) groups is 2. The van der Waals surface area contributed by atoms with Crippen LogP contribution < -0.4 is 26.1 Å². The minimum absolute atomic E-state index is 0.115. The molecule has 0 saturated heterocycles. The number of benzene rings is 2.